The molecule has 0 unspecified atom stereocenters. The van der Waals surface area contributed by atoms with Crippen LogP contribution in [0, 0.1) is 0 Å². The van der Waals surface area contributed by atoms with Crippen molar-refractivity contribution in [2.75, 3.05) is 11.1 Å². The van der Waals surface area contributed by atoms with Gasteiger partial charge in [-0.2, -0.15) is 13.5 Å². The van der Waals surface area contributed by atoms with E-state index in [1.807, 2.05) is 48.5 Å². The number of benzene rings is 4. The van der Waals surface area contributed by atoms with E-state index >= 15 is 0 Å². The summed E-state index contributed by atoms with van der Waals surface area (Å²) in [5, 5.41) is 7.33. The molecule has 0 spiro atoms. The van der Waals surface area contributed by atoms with Gasteiger partial charge in [0.15, 0.2) is 0 Å². The second-order valence-corrected chi connectivity index (χ2v) is 6.14. The van der Waals surface area contributed by atoms with Gasteiger partial charge in [0.25, 0.3) is 0 Å². The molecule has 4 aromatic rings. The van der Waals surface area contributed by atoms with E-state index in [-0.39, 0.29) is 19.4 Å². The Bertz CT molecular complexity index is 1120. The SMILES string of the molecule is CC(=O)Nc1ccc2ccccc2c1-c1c(N)ccc2ccccc12.S. The Balaban J connectivity index is 0.00000196. The average molecular weight is 360 g/mol. The quantitative estimate of drug-likeness (QED) is 0.476. The molecule has 0 saturated carbocycles. The number of fused-ring (bicyclic) bond motifs is 2. The van der Waals surface area contributed by atoms with Crippen LogP contribution < -0.4 is 11.1 Å². The van der Waals surface area contributed by atoms with Crippen LogP contribution >= 0.6 is 13.5 Å². The van der Waals surface area contributed by atoms with Crippen molar-refractivity contribution >= 4 is 52.3 Å². The van der Waals surface area contributed by atoms with Crippen molar-refractivity contribution in [2.24, 2.45) is 0 Å². The monoisotopic (exact) mass is 360 g/mol. The molecule has 0 bridgehead atoms. The number of carbonyl (C=O) groups excluding carboxylic acids is 1. The topological polar surface area (TPSA) is 55.1 Å². The minimum absolute atomic E-state index is 0. The summed E-state index contributed by atoms with van der Waals surface area (Å²) in [5.74, 6) is -0.102. The summed E-state index contributed by atoms with van der Waals surface area (Å²) in [6.45, 7) is 1.52. The molecule has 0 radical (unpaired) electrons. The molecule has 0 atom stereocenters. The van der Waals surface area contributed by atoms with Crippen molar-refractivity contribution < 1.29 is 4.79 Å². The number of rotatable bonds is 2. The molecule has 0 aliphatic heterocycles. The Kier molecular flexibility index (Phi) is 4.87. The summed E-state index contributed by atoms with van der Waals surface area (Å²) in [6.07, 6.45) is 0. The lowest BCUT2D eigenvalue weighted by Crippen LogP contribution is -2.07. The molecular weight excluding hydrogens is 340 g/mol. The molecule has 0 aromatic heterocycles. The fourth-order valence-electron chi connectivity index (χ4n) is 3.40. The fourth-order valence-corrected chi connectivity index (χ4v) is 3.40. The molecule has 0 heterocycles. The third-order valence-corrected chi connectivity index (χ3v) is 4.45. The molecule has 0 saturated heterocycles. The number of hydrogen-bond acceptors (Lipinski definition) is 2. The molecule has 1 amide bonds. The molecule has 130 valence electrons. The first-order chi connectivity index (χ1) is 12.1. The molecule has 26 heavy (non-hydrogen) atoms. The number of amides is 1. The summed E-state index contributed by atoms with van der Waals surface area (Å²) in [7, 11) is 0. The van der Waals surface area contributed by atoms with Gasteiger partial charge < -0.3 is 11.1 Å². The third kappa shape index (κ3) is 3.00. The second-order valence-electron chi connectivity index (χ2n) is 6.14. The lowest BCUT2D eigenvalue weighted by molar-refractivity contribution is -0.114. The third-order valence-electron chi connectivity index (χ3n) is 4.45. The van der Waals surface area contributed by atoms with Crippen LogP contribution in [0.5, 0.6) is 0 Å². The molecule has 4 aromatic carbocycles. The van der Waals surface area contributed by atoms with Gasteiger partial charge in [-0.15, -0.1) is 0 Å². The zero-order chi connectivity index (χ0) is 17.4. The molecule has 4 heteroatoms. The van der Waals surface area contributed by atoms with E-state index in [1.165, 1.54) is 6.92 Å². The predicted molar refractivity (Wildman–Crippen MR) is 116 cm³/mol. The van der Waals surface area contributed by atoms with E-state index < -0.39 is 0 Å². The van der Waals surface area contributed by atoms with Crippen molar-refractivity contribution in [3.63, 3.8) is 0 Å². The predicted octanol–water partition coefficient (Wildman–Crippen LogP) is 5.31. The second kappa shape index (κ2) is 7.10. The van der Waals surface area contributed by atoms with Crippen LogP contribution in [0.15, 0.2) is 72.8 Å². The first kappa shape index (κ1) is 17.8. The summed E-state index contributed by atoms with van der Waals surface area (Å²) in [5.41, 5.74) is 9.78. The molecule has 0 aliphatic rings. The van der Waals surface area contributed by atoms with Crippen LogP contribution in [0.1, 0.15) is 6.92 Å². The summed E-state index contributed by atoms with van der Waals surface area (Å²) in [6, 6.07) is 24.2. The highest BCUT2D eigenvalue weighted by Gasteiger charge is 2.16. The van der Waals surface area contributed by atoms with Gasteiger partial charge in [-0.05, 0) is 33.7 Å². The largest absolute Gasteiger partial charge is 0.398 e. The highest BCUT2D eigenvalue weighted by Crippen LogP contribution is 2.42. The zero-order valence-electron chi connectivity index (χ0n) is 14.4. The summed E-state index contributed by atoms with van der Waals surface area (Å²) in [4.78, 5) is 11.7. The van der Waals surface area contributed by atoms with Gasteiger partial charge in [-0.1, -0.05) is 60.7 Å². The summed E-state index contributed by atoms with van der Waals surface area (Å²) < 4.78 is 0. The van der Waals surface area contributed by atoms with Crippen LogP contribution in [0.4, 0.5) is 11.4 Å². The Morgan fingerprint density at radius 2 is 1.31 bits per heavy atom. The van der Waals surface area contributed by atoms with E-state index in [4.69, 9.17) is 5.73 Å². The Hall–Kier alpha value is -2.98. The number of nitrogens with two attached hydrogens (primary N) is 1. The van der Waals surface area contributed by atoms with Crippen LogP contribution in [0.3, 0.4) is 0 Å². The van der Waals surface area contributed by atoms with E-state index in [9.17, 15) is 4.79 Å². The summed E-state index contributed by atoms with van der Waals surface area (Å²) >= 11 is 0. The maximum absolute atomic E-state index is 11.7. The average Bonchev–Trinajstić information content (AvgIpc) is 2.62. The van der Waals surface area contributed by atoms with Crippen LogP contribution in [-0.4, -0.2) is 5.91 Å². The van der Waals surface area contributed by atoms with E-state index in [0.717, 1.165) is 38.4 Å². The van der Waals surface area contributed by atoms with Crippen molar-refractivity contribution in [3.05, 3.63) is 72.8 Å². The highest BCUT2D eigenvalue weighted by atomic mass is 32.1. The Morgan fingerprint density at radius 3 is 1.92 bits per heavy atom. The molecule has 3 nitrogen and oxygen atoms in total. The number of nitrogens with one attached hydrogen (secondary N) is 1. The maximum atomic E-state index is 11.7. The van der Waals surface area contributed by atoms with E-state index in [0.29, 0.717) is 5.69 Å². The van der Waals surface area contributed by atoms with Crippen molar-refractivity contribution in [1.82, 2.24) is 0 Å². The molecular formula is C22H20N2OS. The molecule has 3 N–H and O–H groups in total. The lowest BCUT2D eigenvalue weighted by Gasteiger charge is -2.17. The van der Waals surface area contributed by atoms with Gasteiger partial charge in [0.1, 0.15) is 0 Å². The lowest BCUT2D eigenvalue weighted by atomic mass is 9.91. The first-order valence-electron chi connectivity index (χ1n) is 8.22. The zero-order valence-corrected chi connectivity index (χ0v) is 15.4. The number of anilines is 2. The van der Waals surface area contributed by atoms with Gasteiger partial charge in [0, 0.05) is 29.4 Å². The van der Waals surface area contributed by atoms with Crippen molar-refractivity contribution in [3.8, 4) is 11.1 Å². The van der Waals surface area contributed by atoms with Gasteiger partial charge in [0.2, 0.25) is 5.91 Å². The van der Waals surface area contributed by atoms with Crippen LogP contribution in [0.2, 0.25) is 0 Å². The Morgan fingerprint density at radius 1 is 0.769 bits per heavy atom. The molecule has 4 rings (SSSR count). The number of carbonyl (C=O) groups is 1. The number of hydrogen-bond donors (Lipinski definition) is 2. The van der Waals surface area contributed by atoms with Gasteiger partial charge >= 0.3 is 0 Å². The smallest absolute Gasteiger partial charge is 0.221 e. The van der Waals surface area contributed by atoms with Gasteiger partial charge in [-0.25, -0.2) is 0 Å². The molecule has 0 fully saturated rings. The minimum Gasteiger partial charge on any atom is -0.398 e. The van der Waals surface area contributed by atoms with Crippen molar-refractivity contribution in [1.29, 1.82) is 0 Å². The first-order valence-corrected chi connectivity index (χ1v) is 8.22. The van der Waals surface area contributed by atoms with Crippen molar-refractivity contribution in [2.45, 2.75) is 6.92 Å². The Labute approximate surface area is 159 Å². The molecule has 0 aliphatic carbocycles. The standard InChI is InChI=1S/C22H18N2O.H2S/c1-14(25)24-20-13-11-16-7-3-5-9-18(16)22(20)21-17-8-4-2-6-15(17)10-12-19(21)23;/h2-13H,23H2,1H3,(H,24,25);1H2. The number of nitrogen functional groups attached to an aromatic ring is 1. The fraction of sp³-hybridized carbons (Fsp3) is 0.0455. The maximum Gasteiger partial charge on any atom is 0.221 e. The van der Waals surface area contributed by atoms with Gasteiger partial charge in [0.05, 0.1) is 0 Å². The van der Waals surface area contributed by atoms with E-state index in [2.05, 4.69) is 29.6 Å². The van der Waals surface area contributed by atoms with Crippen LogP contribution in [-0.2, 0) is 4.79 Å². The minimum atomic E-state index is -0.102. The normalized spacial score (nSPS) is 10.5. The highest BCUT2D eigenvalue weighted by molar-refractivity contribution is 7.59. The van der Waals surface area contributed by atoms with E-state index in [1.54, 1.807) is 0 Å². The van der Waals surface area contributed by atoms with Crippen LogP contribution in [0.25, 0.3) is 32.7 Å². The van der Waals surface area contributed by atoms with Gasteiger partial charge in [-0.3, -0.25) is 4.79 Å².